The Morgan fingerprint density at radius 2 is 1.85 bits per heavy atom. The van der Waals surface area contributed by atoms with Crippen molar-refractivity contribution in [1.29, 1.82) is 0 Å². The molecule has 0 spiro atoms. The first kappa shape index (κ1) is 21.7. The predicted octanol–water partition coefficient (Wildman–Crippen LogP) is 3.53. The van der Waals surface area contributed by atoms with E-state index in [1.165, 1.54) is 16.7 Å². The highest BCUT2D eigenvalue weighted by atomic mass is 35.5. The minimum atomic E-state index is 0. The van der Waals surface area contributed by atoms with E-state index >= 15 is 0 Å². The number of nitrogens with one attached hydrogen (secondary N) is 2. The van der Waals surface area contributed by atoms with Crippen LogP contribution >= 0.6 is 24.8 Å². The zero-order valence-electron chi connectivity index (χ0n) is 15.3. The molecule has 0 aromatic heterocycles. The molecular formula is C21H27Cl2N3O. The fourth-order valence-corrected chi connectivity index (χ4v) is 3.86. The average molecular weight is 408 g/mol. The van der Waals surface area contributed by atoms with Crippen molar-refractivity contribution >= 4 is 30.7 Å². The SMILES string of the molecule is Cl.Cl.O=C(NC1CCCN(Cc2ccccc2)C1)c1ccc2c(c1)CNC2. The molecule has 0 bridgehead atoms. The lowest BCUT2D eigenvalue weighted by atomic mass is 10.0. The first-order valence-corrected chi connectivity index (χ1v) is 9.17. The molecule has 2 aliphatic rings. The molecule has 27 heavy (non-hydrogen) atoms. The van der Waals surface area contributed by atoms with Gasteiger partial charge in [0.05, 0.1) is 0 Å². The number of rotatable bonds is 4. The van der Waals surface area contributed by atoms with E-state index in [1.54, 1.807) is 0 Å². The van der Waals surface area contributed by atoms with Gasteiger partial charge in [0.25, 0.3) is 5.91 Å². The van der Waals surface area contributed by atoms with Crippen LogP contribution in [0, 0.1) is 0 Å². The van der Waals surface area contributed by atoms with Crippen molar-refractivity contribution in [2.75, 3.05) is 13.1 Å². The molecule has 2 heterocycles. The second kappa shape index (κ2) is 10.1. The van der Waals surface area contributed by atoms with E-state index in [0.717, 1.165) is 51.1 Å². The number of piperidine rings is 1. The van der Waals surface area contributed by atoms with Gasteiger partial charge in [-0.05, 0) is 48.2 Å². The van der Waals surface area contributed by atoms with E-state index in [9.17, 15) is 4.79 Å². The summed E-state index contributed by atoms with van der Waals surface area (Å²) in [6, 6.07) is 16.9. The van der Waals surface area contributed by atoms with E-state index in [-0.39, 0.29) is 36.8 Å². The molecule has 6 heteroatoms. The van der Waals surface area contributed by atoms with Crippen LogP contribution in [0.5, 0.6) is 0 Å². The summed E-state index contributed by atoms with van der Waals surface area (Å²) in [5.41, 5.74) is 4.67. The van der Waals surface area contributed by atoms with Gasteiger partial charge in [0.2, 0.25) is 0 Å². The number of hydrogen-bond acceptors (Lipinski definition) is 3. The topological polar surface area (TPSA) is 44.4 Å². The quantitative estimate of drug-likeness (QED) is 0.814. The molecule has 2 aliphatic heterocycles. The highest BCUT2D eigenvalue weighted by molar-refractivity contribution is 5.94. The Kier molecular flexibility index (Phi) is 8.11. The average Bonchev–Trinajstić information content (AvgIpc) is 3.10. The first-order chi connectivity index (χ1) is 12.3. The standard InChI is InChI=1S/C21H25N3O.2ClH/c25-21(17-8-9-18-12-22-13-19(18)11-17)23-20-7-4-10-24(15-20)14-16-5-2-1-3-6-16;;/h1-3,5-6,8-9,11,20,22H,4,7,10,12-15H2,(H,23,25);2*1H. The Morgan fingerprint density at radius 1 is 1.07 bits per heavy atom. The summed E-state index contributed by atoms with van der Waals surface area (Å²) in [4.78, 5) is 15.1. The van der Waals surface area contributed by atoms with Crippen LogP contribution in [0.4, 0.5) is 0 Å². The molecule has 2 aromatic rings. The van der Waals surface area contributed by atoms with Crippen LogP contribution in [0.2, 0.25) is 0 Å². The Labute approximate surface area is 173 Å². The van der Waals surface area contributed by atoms with E-state index < -0.39 is 0 Å². The van der Waals surface area contributed by atoms with E-state index in [2.05, 4.69) is 51.9 Å². The van der Waals surface area contributed by atoms with Crippen LogP contribution in [0.25, 0.3) is 0 Å². The molecule has 146 valence electrons. The van der Waals surface area contributed by atoms with Gasteiger partial charge in [-0.2, -0.15) is 0 Å². The third-order valence-corrected chi connectivity index (χ3v) is 5.19. The minimum absolute atomic E-state index is 0. The van der Waals surface area contributed by atoms with Crippen molar-refractivity contribution in [2.24, 2.45) is 0 Å². The summed E-state index contributed by atoms with van der Waals surface area (Å²) in [5, 5.41) is 6.57. The summed E-state index contributed by atoms with van der Waals surface area (Å²) >= 11 is 0. The van der Waals surface area contributed by atoms with Crippen LogP contribution in [-0.4, -0.2) is 29.9 Å². The third kappa shape index (κ3) is 5.45. The zero-order chi connectivity index (χ0) is 17.1. The van der Waals surface area contributed by atoms with Crippen LogP contribution in [-0.2, 0) is 19.6 Å². The van der Waals surface area contributed by atoms with Gasteiger partial charge < -0.3 is 10.6 Å². The molecule has 1 unspecified atom stereocenters. The van der Waals surface area contributed by atoms with E-state index in [0.29, 0.717) is 0 Å². The van der Waals surface area contributed by atoms with Crippen LogP contribution in [0.3, 0.4) is 0 Å². The number of nitrogens with zero attached hydrogens (tertiary/aromatic N) is 1. The maximum absolute atomic E-state index is 12.6. The summed E-state index contributed by atoms with van der Waals surface area (Å²) in [6.45, 7) is 4.76. The molecule has 2 aromatic carbocycles. The Balaban J connectivity index is 0.00000131. The Bertz CT molecular complexity index is 754. The lowest BCUT2D eigenvalue weighted by molar-refractivity contribution is 0.0900. The molecule has 2 N–H and O–H groups in total. The molecule has 1 atom stereocenters. The summed E-state index contributed by atoms with van der Waals surface area (Å²) < 4.78 is 0. The van der Waals surface area contributed by atoms with Crippen LogP contribution in [0.15, 0.2) is 48.5 Å². The molecule has 0 aliphatic carbocycles. The number of carbonyl (C=O) groups is 1. The van der Waals surface area contributed by atoms with E-state index in [1.807, 2.05) is 12.1 Å². The number of carbonyl (C=O) groups excluding carboxylic acids is 1. The molecular weight excluding hydrogens is 381 g/mol. The summed E-state index contributed by atoms with van der Waals surface area (Å²) in [6.07, 6.45) is 2.19. The predicted molar refractivity (Wildman–Crippen MR) is 114 cm³/mol. The first-order valence-electron chi connectivity index (χ1n) is 9.17. The molecule has 1 saturated heterocycles. The second-order valence-corrected chi connectivity index (χ2v) is 7.12. The molecule has 0 saturated carbocycles. The van der Waals surface area contributed by atoms with Crippen molar-refractivity contribution in [1.82, 2.24) is 15.5 Å². The molecule has 1 fully saturated rings. The molecule has 0 radical (unpaired) electrons. The molecule has 4 rings (SSSR count). The van der Waals surface area contributed by atoms with Gasteiger partial charge in [-0.1, -0.05) is 36.4 Å². The molecule has 1 amide bonds. The highest BCUT2D eigenvalue weighted by Gasteiger charge is 2.22. The molecule has 4 nitrogen and oxygen atoms in total. The maximum atomic E-state index is 12.6. The van der Waals surface area contributed by atoms with Crippen molar-refractivity contribution in [3.8, 4) is 0 Å². The van der Waals surface area contributed by atoms with Crippen molar-refractivity contribution in [3.05, 3.63) is 70.8 Å². The number of likely N-dealkylation sites (tertiary alicyclic amines) is 1. The van der Waals surface area contributed by atoms with Gasteiger partial charge in [-0.25, -0.2) is 0 Å². The minimum Gasteiger partial charge on any atom is -0.348 e. The summed E-state index contributed by atoms with van der Waals surface area (Å²) in [7, 11) is 0. The van der Waals surface area contributed by atoms with Crippen LogP contribution < -0.4 is 10.6 Å². The van der Waals surface area contributed by atoms with Gasteiger partial charge in [0, 0.05) is 37.8 Å². The monoisotopic (exact) mass is 407 g/mol. The maximum Gasteiger partial charge on any atom is 0.251 e. The number of fused-ring (bicyclic) bond motifs is 1. The van der Waals surface area contributed by atoms with Crippen molar-refractivity contribution in [2.45, 2.75) is 38.5 Å². The van der Waals surface area contributed by atoms with Gasteiger partial charge in [0.15, 0.2) is 0 Å². The largest absolute Gasteiger partial charge is 0.348 e. The zero-order valence-corrected chi connectivity index (χ0v) is 17.0. The fraction of sp³-hybridized carbons (Fsp3) is 0.381. The fourth-order valence-electron chi connectivity index (χ4n) is 3.86. The lowest BCUT2D eigenvalue weighted by Crippen LogP contribution is -2.47. The van der Waals surface area contributed by atoms with Gasteiger partial charge in [-0.3, -0.25) is 9.69 Å². The lowest BCUT2D eigenvalue weighted by Gasteiger charge is -2.33. The van der Waals surface area contributed by atoms with Crippen molar-refractivity contribution < 1.29 is 4.79 Å². The normalized spacial score (nSPS) is 18.7. The van der Waals surface area contributed by atoms with Gasteiger partial charge >= 0.3 is 0 Å². The van der Waals surface area contributed by atoms with Gasteiger partial charge in [0.1, 0.15) is 0 Å². The van der Waals surface area contributed by atoms with E-state index in [4.69, 9.17) is 0 Å². The smallest absolute Gasteiger partial charge is 0.251 e. The Hall–Kier alpha value is -1.59. The second-order valence-electron chi connectivity index (χ2n) is 7.12. The number of halogens is 2. The van der Waals surface area contributed by atoms with Crippen molar-refractivity contribution in [3.63, 3.8) is 0 Å². The Morgan fingerprint density at radius 3 is 2.67 bits per heavy atom. The summed E-state index contributed by atoms with van der Waals surface area (Å²) in [5.74, 6) is 0.0567. The highest BCUT2D eigenvalue weighted by Crippen LogP contribution is 2.18. The van der Waals surface area contributed by atoms with Gasteiger partial charge in [-0.15, -0.1) is 24.8 Å². The van der Waals surface area contributed by atoms with Crippen LogP contribution in [0.1, 0.15) is 39.9 Å². The third-order valence-electron chi connectivity index (χ3n) is 5.19. The number of amides is 1. The number of benzene rings is 2. The number of hydrogen-bond donors (Lipinski definition) is 2.